The van der Waals surface area contributed by atoms with Gasteiger partial charge in [-0.15, -0.1) is 12.4 Å². The van der Waals surface area contributed by atoms with E-state index < -0.39 is 0 Å². The Labute approximate surface area is 97.2 Å². The molecule has 1 nitrogen and oxygen atoms in total. The second-order valence-corrected chi connectivity index (χ2v) is 4.80. The second-order valence-electron chi connectivity index (χ2n) is 2.78. The van der Waals surface area contributed by atoms with Gasteiger partial charge in [-0.2, -0.15) is 11.8 Å². The molecule has 0 unspecified atom stereocenters. The van der Waals surface area contributed by atoms with E-state index in [0.717, 1.165) is 16.8 Å². The molecule has 0 saturated carbocycles. The van der Waals surface area contributed by atoms with Crippen molar-refractivity contribution >= 4 is 45.8 Å². The lowest BCUT2D eigenvalue weighted by molar-refractivity contribution is 1.23. The van der Waals surface area contributed by atoms with Crippen LogP contribution < -0.4 is 5.32 Å². The maximum Gasteiger partial charge on any atom is 0.0392 e. The summed E-state index contributed by atoms with van der Waals surface area (Å²) in [6.07, 6.45) is 0. The van der Waals surface area contributed by atoms with E-state index in [1.54, 1.807) is 0 Å². The molecular weight excluding hydrogens is 270 g/mol. The van der Waals surface area contributed by atoms with E-state index in [4.69, 9.17) is 0 Å². The fourth-order valence-electron chi connectivity index (χ4n) is 1.28. The highest BCUT2D eigenvalue weighted by Crippen LogP contribution is 2.27. The number of benzene rings is 1. The lowest BCUT2D eigenvalue weighted by atomic mass is 10.2. The van der Waals surface area contributed by atoms with Crippen molar-refractivity contribution in [1.29, 1.82) is 0 Å². The minimum atomic E-state index is 0. The van der Waals surface area contributed by atoms with Crippen LogP contribution >= 0.6 is 40.1 Å². The predicted molar refractivity (Wildman–Crippen MR) is 66.0 cm³/mol. The Morgan fingerprint density at radius 3 is 3.08 bits per heavy atom. The van der Waals surface area contributed by atoms with Crippen LogP contribution in [0.5, 0.6) is 0 Å². The summed E-state index contributed by atoms with van der Waals surface area (Å²) < 4.78 is 1.15. The summed E-state index contributed by atoms with van der Waals surface area (Å²) >= 11 is 5.46. The van der Waals surface area contributed by atoms with Crippen molar-refractivity contribution in [3.63, 3.8) is 0 Å². The Kier molecular flexibility index (Phi) is 4.42. The van der Waals surface area contributed by atoms with E-state index in [2.05, 4.69) is 39.4 Å². The van der Waals surface area contributed by atoms with Gasteiger partial charge in [-0.1, -0.05) is 22.0 Å². The van der Waals surface area contributed by atoms with Gasteiger partial charge in [0.15, 0.2) is 0 Å². The maximum absolute atomic E-state index is 3.47. The lowest BCUT2D eigenvalue weighted by Gasteiger charge is -2.06. The Balaban J connectivity index is 0.000000845. The smallest absolute Gasteiger partial charge is 0.0392 e. The highest BCUT2D eigenvalue weighted by Gasteiger charge is 2.06. The Morgan fingerprint density at radius 1 is 1.38 bits per heavy atom. The Bertz CT molecular complexity index is 293. The first kappa shape index (κ1) is 11.2. The number of nitrogens with one attached hydrogen (secondary N) is 1. The van der Waals surface area contributed by atoms with Gasteiger partial charge in [0.05, 0.1) is 0 Å². The van der Waals surface area contributed by atoms with E-state index in [1.807, 2.05) is 11.8 Å². The number of hydrogen-bond donors (Lipinski definition) is 1. The predicted octanol–water partition coefficient (Wildman–Crippen LogP) is 3.53. The van der Waals surface area contributed by atoms with Gasteiger partial charge in [-0.05, 0) is 17.7 Å². The second kappa shape index (κ2) is 5.13. The first-order valence-corrected chi connectivity index (χ1v) is 5.91. The first-order valence-electron chi connectivity index (χ1n) is 3.96. The molecule has 1 aromatic rings. The average molecular weight is 281 g/mol. The molecule has 0 bridgehead atoms. The molecule has 0 amide bonds. The fraction of sp³-hybridized carbons (Fsp3) is 0.333. The molecule has 13 heavy (non-hydrogen) atoms. The molecule has 0 aliphatic carbocycles. The SMILES string of the molecule is Brc1ccc2c(c1)NCCSC2.Cl. The van der Waals surface area contributed by atoms with E-state index in [1.165, 1.54) is 17.0 Å². The zero-order valence-electron chi connectivity index (χ0n) is 7.05. The summed E-state index contributed by atoms with van der Waals surface area (Å²) in [6.45, 7) is 1.08. The third-order valence-electron chi connectivity index (χ3n) is 1.89. The van der Waals surface area contributed by atoms with Crippen molar-refractivity contribution in [2.75, 3.05) is 17.6 Å². The van der Waals surface area contributed by atoms with Crippen LogP contribution in [-0.2, 0) is 5.75 Å². The maximum atomic E-state index is 3.47. The van der Waals surface area contributed by atoms with Crippen LogP contribution in [0.4, 0.5) is 5.69 Å². The van der Waals surface area contributed by atoms with E-state index in [0.29, 0.717) is 0 Å². The molecule has 0 spiro atoms. The average Bonchev–Trinajstić information content (AvgIpc) is 2.28. The number of hydrogen-bond acceptors (Lipinski definition) is 2. The van der Waals surface area contributed by atoms with Gasteiger partial charge in [0.25, 0.3) is 0 Å². The molecule has 2 rings (SSSR count). The molecule has 0 aromatic heterocycles. The molecule has 1 aliphatic rings. The van der Waals surface area contributed by atoms with Crippen molar-refractivity contribution in [2.24, 2.45) is 0 Å². The summed E-state index contributed by atoms with van der Waals surface area (Å²) in [4.78, 5) is 0. The third-order valence-corrected chi connectivity index (χ3v) is 3.39. The van der Waals surface area contributed by atoms with E-state index >= 15 is 0 Å². The van der Waals surface area contributed by atoms with Gasteiger partial charge in [0.1, 0.15) is 0 Å². The zero-order valence-corrected chi connectivity index (χ0v) is 10.3. The number of anilines is 1. The van der Waals surface area contributed by atoms with Crippen LogP contribution in [0.15, 0.2) is 22.7 Å². The van der Waals surface area contributed by atoms with Gasteiger partial charge in [0.2, 0.25) is 0 Å². The Hall–Kier alpha value is 0.140. The van der Waals surface area contributed by atoms with Crippen LogP contribution in [0.1, 0.15) is 5.56 Å². The summed E-state index contributed by atoms with van der Waals surface area (Å²) in [6, 6.07) is 6.44. The Morgan fingerprint density at radius 2 is 2.23 bits per heavy atom. The molecule has 0 radical (unpaired) electrons. The molecule has 1 heterocycles. The van der Waals surface area contributed by atoms with E-state index in [-0.39, 0.29) is 12.4 Å². The molecule has 1 aliphatic heterocycles. The lowest BCUT2D eigenvalue weighted by Crippen LogP contribution is -2.01. The van der Waals surface area contributed by atoms with Crippen LogP contribution in [0, 0.1) is 0 Å². The van der Waals surface area contributed by atoms with Crippen molar-refractivity contribution in [3.8, 4) is 0 Å². The summed E-state index contributed by atoms with van der Waals surface area (Å²) in [5.41, 5.74) is 2.70. The largest absolute Gasteiger partial charge is 0.384 e. The van der Waals surface area contributed by atoms with Crippen molar-refractivity contribution < 1.29 is 0 Å². The van der Waals surface area contributed by atoms with Crippen LogP contribution in [0.2, 0.25) is 0 Å². The number of fused-ring (bicyclic) bond motifs is 1. The highest BCUT2D eigenvalue weighted by molar-refractivity contribution is 9.10. The molecular formula is C9H11BrClNS. The topological polar surface area (TPSA) is 12.0 Å². The van der Waals surface area contributed by atoms with Gasteiger partial charge in [-0.25, -0.2) is 0 Å². The third kappa shape index (κ3) is 2.79. The number of rotatable bonds is 0. The van der Waals surface area contributed by atoms with Crippen molar-refractivity contribution in [3.05, 3.63) is 28.2 Å². The summed E-state index contributed by atoms with van der Waals surface area (Å²) in [7, 11) is 0. The number of halogens is 2. The van der Waals surface area contributed by atoms with Crippen molar-refractivity contribution in [1.82, 2.24) is 0 Å². The molecule has 0 fully saturated rings. The number of thioether (sulfide) groups is 1. The normalized spacial score (nSPS) is 14.8. The molecule has 72 valence electrons. The molecule has 4 heteroatoms. The van der Waals surface area contributed by atoms with Gasteiger partial charge in [0, 0.05) is 28.2 Å². The minimum absolute atomic E-state index is 0. The van der Waals surface area contributed by atoms with Crippen LogP contribution in [0.25, 0.3) is 0 Å². The van der Waals surface area contributed by atoms with Gasteiger partial charge >= 0.3 is 0 Å². The van der Waals surface area contributed by atoms with Gasteiger partial charge in [-0.3, -0.25) is 0 Å². The monoisotopic (exact) mass is 279 g/mol. The summed E-state index contributed by atoms with van der Waals surface area (Å²) in [5, 5.41) is 3.42. The minimum Gasteiger partial charge on any atom is -0.384 e. The molecule has 1 aromatic carbocycles. The highest BCUT2D eigenvalue weighted by atomic mass is 79.9. The fourth-order valence-corrected chi connectivity index (χ4v) is 2.50. The molecule has 0 atom stereocenters. The molecule has 0 saturated heterocycles. The molecule has 1 N–H and O–H groups in total. The van der Waals surface area contributed by atoms with Gasteiger partial charge < -0.3 is 5.32 Å². The standard InChI is InChI=1S/C9H10BrNS.ClH/c10-8-2-1-7-6-12-4-3-11-9(7)5-8;/h1-2,5,11H,3-4,6H2;1H. The zero-order chi connectivity index (χ0) is 8.39. The van der Waals surface area contributed by atoms with E-state index in [9.17, 15) is 0 Å². The van der Waals surface area contributed by atoms with Crippen LogP contribution in [-0.4, -0.2) is 12.3 Å². The quantitative estimate of drug-likeness (QED) is 0.780. The van der Waals surface area contributed by atoms with Crippen LogP contribution in [0.3, 0.4) is 0 Å². The van der Waals surface area contributed by atoms with Crippen molar-refractivity contribution in [2.45, 2.75) is 5.75 Å². The first-order chi connectivity index (χ1) is 5.86. The summed E-state index contributed by atoms with van der Waals surface area (Å²) in [5.74, 6) is 2.34.